The Hall–Kier alpha value is -1.68. The molecule has 3 rings (SSSR count). The predicted molar refractivity (Wildman–Crippen MR) is 88.2 cm³/mol. The van der Waals surface area contributed by atoms with Crippen molar-refractivity contribution in [3.8, 4) is 0 Å². The minimum atomic E-state index is -0.0140. The number of nitrogens with zero attached hydrogens (tertiary/aromatic N) is 1. The second kappa shape index (κ2) is 6.85. The maximum absolute atomic E-state index is 11.9. The van der Waals surface area contributed by atoms with Crippen molar-refractivity contribution in [2.45, 2.75) is 32.1 Å². The van der Waals surface area contributed by atoms with Crippen molar-refractivity contribution < 1.29 is 4.79 Å². The first-order valence-electron chi connectivity index (χ1n) is 7.63. The summed E-state index contributed by atoms with van der Waals surface area (Å²) in [6.45, 7) is 0.809. The number of benzene rings is 1. The van der Waals surface area contributed by atoms with Gasteiger partial charge in [0, 0.05) is 12.6 Å². The van der Waals surface area contributed by atoms with Gasteiger partial charge >= 0.3 is 0 Å². The summed E-state index contributed by atoms with van der Waals surface area (Å²) < 4.78 is 1.15. The van der Waals surface area contributed by atoms with Crippen LogP contribution in [-0.4, -0.2) is 17.4 Å². The van der Waals surface area contributed by atoms with Crippen LogP contribution in [-0.2, 0) is 4.79 Å². The number of aromatic nitrogens is 1. The zero-order valence-electron chi connectivity index (χ0n) is 12.0. The van der Waals surface area contributed by atoms with Crippen LogP contribution >= 0.6 is 11.3 Å². The van der Waals surface area contributed by atoms with E-state index in [1.165, 1.54) is 32.1 Å². The Morgan fingerprint density at radius 3 is 2.90 bits per heavy atom. The Kier molecular flexibility index (Phi) is 4.65. The molecule has 0 bridgehead atoms. The van der Waals surface area contributed by atoms with Gasteiger partial charge in [-0.25, -0.2) is 4.98 Å². The largest absolute Gasteiger partial charge is 0.352 e. The maximum Gasteiger partial charge on any atom is 0.244 e. The molecule has 2 aromatic rings. The van der Waals surface area contributed by atoms with E-state index in [2.05, 4.69) is 10.3 Å². The highest BCUT2D eigenvalue weighted by molar-refractivity contribution is 7.19. The molecule has 0 spiro atoms. The number of amides is 1. The first-order chi connectivity index (χ1) is 10.3. The summed E-state index contributed by atoms with van der Waals surface area (Å²) in [5.74, 6) is 0.651. The lowest BCUT2D eigenvalue weighted by Gasteiger charge is -2.21. The van der Waals surface area contributed by atoms with Gasteiger partial charge in [-0.15, -0.1) is 11.3 Å². The van der Waals surface area contributed by atoms with E-state index in [4.69, 9.17) is 0 Å². The van der Waals surface area contributed by atoms with Gasteiger partial charge in [-0.2, -0.15) is 0 Å². The molecule has 0 radical (unpaired) electrons. The number of nitrogens with one attached hydrogen (secondary N) is 1. The van der Waals surface area contributed by atoms with E-state index in [9.17, 15) is 4.79 Å². The Balaban J connectivity index is 1.53. The van der Waals surface area contributed by atoms with Crippen molar-refractivity contribution in [1.29, 1.82) is 0 Å². The Morgan fingerprint density at radius 2 is 2.10 bits per heavy atom. The number of rotatable bonds is 4. The first kappa shape index (κ1) is 14.3. The quantitative estimate of drug-likeness (QED) is 0.867. The molecular weight excluding hydrogens is 280 g/mol. The number of hydrogen-bond acceptors (Lipinski definition) is 3. The number of fused-ring (bicyclic) bond motifs is 1. The SMILES string of the molecule is O=C(/C=C/c1nc2ccccc2s1)NCC1CCCCC1. The van der Waals surface area contributed by atoms with Crippen molar-refractivity contribution >= 4 is 33.5 Å². The second-order valence-electron chi connectivity index (χ2n) is 5.60. The van der Waals surface area contributed by atoms with Crippen LogP contribution in [0.5, 0.6) is 0 Å². The fraction of sp³-hybridized carbons (Fsp3) is 0.412. The molecule has 0 aliphatic heterocycles. The molecule has 1 aromatic heterocycles. The highest BCUT2D eigenvalue weighted by Crippen LogP contribution is 2.23. The fourth-order valence-corrected chi connectivity index (χ4v) is 3.67. The topological polar surface area (TPSA) is 42.0 Å². The summed E-state index contributed by atoms with van der Waals surface area (Å²) in [6.07, 6.45) is 9.87. The molecule has 1 N–H and O–H groups in total. The zero-order valence-corrected chi connectivity index (χ0v) is 12.9. The van der Waals surface area contributed by atoms with Crippen molar-refractivity contribution in [3.63, 3.8) is 0 Å². The molecule has 3 nitrogen and oxygen atoms in total. The molecule has 0 unspecified atom stereocenters. The second-order valence-corrected chi connectivity index (χ2v) is 6.66. The number of carbonyl (C=O) groups is 1. The van der Waals surface area contributed by atoms with Gasteiger partial charge in [0.25, 0.3) is 0 Å². The van der Waals surface area contributed by atoms with Gasteiger partial charge in [0.2, 0.25) is 5.91 Å². The van der Waals surface area contributed by atoms with Gasteiger partial charge < -0.3 is 5.32 Å². The number of para-hydroxylation sites is 1. The number of hydrogen-bond donors (Lipinski definition) is 1. The minimum Gasteiger partial charge on any atom is -0.352 e. The molecule has 1 aromatic carbocycles. The number of thiazole rings is 1. The molecule has 1 fully saturated rings. The van der Waals surface area contributed by atoms with Gasteiger partial charge in [0.05, 0.1) is 10.2 Å². The molecule has 1 aliphatic rings. The monoisotopic (exact) mass is 300 g/mol. The molecule has 110 valence electrons. The van der Waals surface area contributed by atoms with E-state index >= 15 is 0 Å². The average Bonchev–Trinajstić information content (AvgIpc) is 2.95. The maximum atomic E-state index is 11.9. The smallest absolute Gasteiger partial charge is 0.244 e. The third-order valence-electron chi connectivity index (χ3n) is 3.98. The van der Waals surface area contributed by atoms with Crippen molar-refractivity contribution in [2.24, 2.45) is 5.92 Å². The van der Waals surface area contributed by atoms with E-state index in [0.717, 1.165) is 21.8 Å². The van der Waals surface area contributed by atoms with Crippen LogP contribution in [0.2, 0.25) is 0 Å². The van der Waals surface area contributed by atoms with Crippen LogP contribution in [0.1, 0.15) is 37.1 Å². The van der Waals surface area contributed by atoms with Gasteiger partial charge in [-0.1, -0.05) is 31.4 Å². The Morgan fingerprint density at radius 1 is 1.29 bits per heavy atom. The van der Waals surface area contributed by atoms with E-state index in [1.807, 2.05) is 24.3 Å². The summed E-state index contributed by atoms with van der Waals surface area (Å²) in [7, 11) is 0. The van der Waals surface area contributed by atoms with Crippen LogP contribution in [0.4, 0.5) is 0 Å². The number of carbonyl (C=O) groups excluding carboxylic acids is 1. The third-order valence-corrected chi connectivity index (χ3v) is 4.98. The first-order valence-corrected chi connectivity index (χ1v) is 8.44. The van der Waals surface area contributed by atoms with Gasteiger partial charge in [0.15, 0.2) is 0 Å². The highest BCUT2D eigenvalue weighted by atomic mass is 32.1. The van der Waals surface area contributed by atoms with E-state index in [-0.39, 0.29) is 5.91 Å². The molecule has 1 saturated carbocycles. The Bertz CT molecular complexity index is 608. The normalized spacial score (nSPS) is 16.6. The lowest BCUT2D eigenvalue weighted by atomic mass is 9.89. The summed E-state index contributed by atoms with van der Waals surface area (Å²) >= 11 is 1.61. The van der Waals surface area contributed by atoms with E-state index < -0.39 is 0 Å². The molecule has 21 heavy (non-hydrogen) atoms. The van der Waals surface area contributed by atoms with Crippen molar-refractivity contribution in [1.82, 2.24) is 10.3 Å². The zero-order chi connectivity index (χ0) is 14.5. The standard InChI is InChI=1S/C17H20N2OS/c20-16(18-12-13-6-2-1-3-7-13)10-11-17-19-14-8-4-5-9-15(14)21-17/h4-5,8-11,13H,1-3,6-7,12H2,(H,18,20)/b11-10+. The van der Waals surface area contributed by atoms with E-state index in [0.29, 0.717) is 5.92 Å². The summed E-state index contributed by atoms with van der Waals surface area (Å²) in [5, 5.41) is 3.89. The molecule has 1 amide bonds. The molecule has 1 heterocycles. The van der Waals surface area contributed by atoms with Gasteiger partial charge in [0.1, 0.15) is 5.01 Å². The summed E-state index contributed by atoms with van der Waals surface area (Å²) in [6, 6.07) is 8.02. The molecule has 0 atom stereocenters. The molecular formula is C17H20N2OS. The van der Waals surface area contributed by atoms with Crippen LogP contribution in [0.3, 0.4) is 0 Å². The van der Waals surface area contributed by atoms with Crippen molar-refractivity contribution in [3.05, 3.63) is 35.3 Å². The summed E-state index contributed by atoms with van der Waals surface area (Å²) in [4.78, 5) is 16.3. The summed E-state index contributed by atoms with van der Waals surface area (Å²) in [5.41, 5.74) is 0.991. The third kappa shape index (κ3) is 3.91. The predicted octanol–water partition coefficient (Wildman–Crippen LogP) is 4.01. The molecule has 4 heteroatoms. The fourth-order valence-electron chi connectivity index (χ4n) is 2.80. The lowest BCUT2D eigenvalue weighted by molar-refractivity contribution is -0.116. The minimum absolute atomic E-state index is 0.0140. The Labute approximate surface area is 129 Å². The molecule has 0 saturated heterocycles. The molecule has 1 aliphatic carbocycles. The van der Waals surface area contributed by atoms with Crippen LogP contribution in [0.15, 0.2) is 30.3 Å². The van der Waals surface area contributed by atoms with Crippen molar-refractivity contribution in [2.75, 3.05) is 6.54 Å². The van der Waals surface area contributed by atoms with Crippen LogP contribution in [0, 0.1) is 5.92 Å². The lowest BCUT2D eigenvalue weighted by Crippen LogP contribution is -2.28. The highest BCUT2D eigenvalue weighted by Gasteiger charge is 2.13. The van der Waals surface area contributed by atoms with Gasteiger partial charge in [-0.3, -0.25) is 4.79 Å². The average molecular weight is 300 g/mol. The van der Waals surface area contributed by atoms with Crippen LogP contribution < -0.4 is 5.32 Å². The van der Waals surface area contributed by atoms with Gasteiger partial charge in [-0.05, 0) is 37.0 Å². The van der Waals surface area contributed by atoms with E-state index in [1.54, 1.807) is 23.5 Å². The van der Waals surface area contributed by atoms with Crippen LogP contribution in [0.25, 0.3) is 16.3 Å².